The van der Waals surface area contributed by atoms with Gasteiger partial charge in [0.15, 0.2) is 5.82 Å². The number of nitrogens with one attached hydrogen (secondary N) is 2. The highest BCUT2D eigenvalue weighted by Crippen LogP contribution is 2.14. The summed E-state index contributed by atoms with van der Waals surface area (Å²) in [7, 11) is 1.78. The molecule has 2 rings (SSSR count). The number of halogens is 2. The van der Waals surface area contributed by atoms with Crippen LogP contribution in [0.3, 0.4) is 0 Å². The molecule has 0 fully saturated rings. The zero-order chi connectivity index (χ0) is 14.7. The molecule has 0 saturated carbocycles. The van der Waals surface area contributed by atoms with E-state index < -0.39 is 5.95 Å². The van der Waals surface area contributed by atoms with Crippen LogP contribution < -0.4 is 10.6 Å². The number of anilines is 1. The minimum Gasteiger partial charge on any atom is -0.334 e. The van der Waals surface area contributed by atoms with Crippen molar-refractivity contribution in [2.45, 2.75) is 13.5 Å². The molecule has 2 N–H and O–H groups in total. The number of rotatable bonds is 3. The monoisotopic (exact) mass is 341 g/mol. The van der Waals surface area contributed by atoms with Gasteiger partial charge in [-0.25, -0.2) is 9.78 Å². The number of pyridine rings is 1. The van der Waals surface area contributed by atoms with Gasteiger partial charge in [-0.15, -0.1) is 0 Å². The molecule has 0 aliphatic rings. The summed E-state index contributed by atoms with van der Waals surface area (Å²) in [6.45, 7) is 2.08. The summed E-state index contributed by atoms with van der Waals surface area (Å²) in [4.78, 5) is 15.4. The summed E-state index contributed by atoms with van der Waals surface area (Å²) in [6, 6.07) is 2.41. The van der Waals surface area contributed by atoms with Gasteiger partial charge in [0, 0.05) is 30.9 Å². The van der Waals surface area contributed by atoms with Gasteiger partial charge in [0.2, 0.25) is 5.95 Å². The predicted octanol–water partition coefficient (Wildman–Crippen LogP) is 2.35. The third-order valence-corrected chi connectivity index (χ3v) is 3.26. The molecule has 0 spiro atoms. The molecule has 8 heteroatoms. The van der Waals surface area contributed by atoms with Gasteiger partial charge >= 0.3 is 6.03 Å². The number of nitrogens with zero attached hydrogens (tertiary/aromatic N) is 3. The lowest BCUT2D eigenvalue weighted by Gasteiger charge is -2.07. The first-order chi connectivity index (χ1) is 9.45. The first kappa shape index (κ1) is 14.4. The molecule has 2 aromatic heterocycles. The van der Waals surface area contributed by atoms with Gasteiger partial charge in [0.1, 0.15) is 4.60 Å². The highest BCUT2D eigenvalue weighted by Gasteiger charge is 2.09. The molecule has 106 valence electrons. The smallest absolute Gasteiger partial charge is 0.320 e. The van der Waals surface area contributed by atoms with Gasteiger partial charge in [-0.1, -0.05) is 6.07 Å². The number of aromatic nitrogens is 3. The SMILES string of the molecule is Cc1cn(C)nc1NC(=O)NCc1ccc(F)nc1Br. The summed E-state index contributed by atoms with van der Waals surface area (Å²) in [5.41, 5.74) is 1.55. The second kappa shape index (κ2) is 6.00. The highest BCUT2D eigenvalue weighted by atomic mass is 79.9. The van der Waals surface area contributed by atoms with Gasteiger partial charge in [-0.3, -0.25) is 10.00 Å². The molecule has 2 heterocycles. The molecule has 0 saturated heterocycles. The Morgan fingerprint density at radius 3 is 2.85 bits per heavy atom. The van der Waals surface area contributed by atoms with E-state index in [1.807, 2.05) is 6.92 Å². The lowest BCUT2D eigenvalue weighted by atomic mass is 10.3. The van der Waals surface area contributed by atoms with E-state index in [1.54, 1.807) is 24.0 Å². The molecule has 20 heavy (non-hydrogen) atoms. The van der Waals surface area contributed by atoms with Crippen molar-refractivity contribution in [3.05, 3.63) is 40.0 Å². The van der Waals surface area contributed by atoms with Crippen LogP contribution in [0.25, 0.3) is 0 Å². The second-order valence-corrected chi connectivity index (χ2v) is 4.98. The molecule has 0 aliphatic carbocycles. The van der Waals surface area contributed by atoms with Crippen LogP contribution >= 0.6 is 15.9 Å². The standard InChI is InChI=1S/C12H13BrFN5O/c1-7-6-19(2)18-11(7)17-12(20)15-5-8-3-4-9(14)16-10(8)13/h3-4,6H,5H2,1-2H3,(H2,15,17,18,20). The van der Waals surface area contributed by atoms with E-state index in [-0.39, 0.29) is 12.6 Å². The van der Waals surface area contributed by atoms with Crippen molar-refractivity contribution in [1.29, 1.82) is 0 Å². The minimum atomic E-state index is -0.575. The van der Waals surface area contributed by atoms with E-state index in [0.29, 0.717) is 16.0 Å². The van der Waals surface area contributed by atoms with Gasteiger partial charge in [0.05, 0.1) is 0 Å². The lowest BCUT2D eigenvalue weighted by molar-refractivity contribution is 0.251. The van der Waals surface area contributed by atoms with E-state index in [2.05, 4.69) is 36.6 Å². The number of hydrogen-bond acceptors (Lipinski definition) is 3. The number of aryl methyl sites for hydroxylation is 2. The van der Waals surface area contributed by atoms with Crippen molar-refractivity contribution < 1.29 is 9.18 Å². The van der Waals surface area contributed by atoms with E-state index in [4.69, 9.17) is 0 Å². The Kier molecular flexibility index (Phi) is 4.33. The van der Waals surface area contributed by atoms with Gasteiger partial charge in [0.25, 0.3) is 0 Å². The van der Waals surface area contributed by atoms with Crippen LogP contribution in [0.4, 0.5) is 15.0 Å². The van der Waals surface area contributed by atoms with Crippen molar-refractivity contribution >= 4 is 27.8 Å². The van der Waals surface area contributed by atoms with Crippen molar-refractivity contribution in [2.75, 3.05) is 5.32 Å². The molecule has 0 unspecified atom stereocenters. The second-order valence-electron chi connectivity index (χ2n) is 4.23. The largest absolute Gasteiger partial charge is 0.334 e. The highest BCUT2D eigenvalue weighted by molar-refractivity contribution is 9.10. The van der Waals surface area contributed by atoms with Crippen molar-refractivity contribution in [2.24, 2.45) is 7.05 Å². The Morgan fingerprint density at radius 2 is 2.25 bits per heavy atom. The first-order valence-corrected chi connectivity index (χ1v) is 6.61. The predicted molar refractivity (Wildman–Crippen MR) is 75.7 cm³/mol. The van der Waals surface area contributed by atoms with Crippen LogP contribution in [-0.2, 0) is 13.6 Å². The van der Waals surface area contributed by atoms with E-state index in [9.17, 15) is 9.18 Å². The lowest BCUT2D eigenvalue weighted by Crippen LogP contribution is -2.28. The fourth-order valence-electron chi connectivity index (χ4n) is 1.63. The quantitative estimate of drug-likeness (QED) is 0.841. The Bertz CT molecular complexity index is 643. The van der Waals surface area contributed by atoms with Crippen molar-refractivity contribution in [3.8, 4) is 0 Å². The number of urea groups is 1. The average Bonchev–Trinajstić information content (AvgIpc) is 2.66. The molecule has 0 atom stereocenters. The Balaban J connectivity index is 1.94. The molecule has 0 aromatic carbocycles. The maximum absolute atomic E-state index is 12.8. The van der Waals surface area contributed by atoms with E-state index >= 15 is 0 Å². The van der Waals surface area contributed by atoms with Crippen molar-refractivity contribution in [1.82, 2.24) is 20.1 Å². The van der Waals surface area contributed by atoms with Crippen LogP contribution in [0, 0.1) is 12.9 Å². The molecular weight excluding hydrogens is 329 g/mol. The van der Waals surface area contributed by atoms with Gasteiger partial charge in [-0.05, 0) is 28.9 Å². The fraction of sp³-hybridized carbons (Fsp3) is 0.250. The van der Waals surface area contributed by atoms with Crippen LogP contribution in [-0.4, -0.2) is 20.8 Å². The number of hydrogen-bond donors (Lipinski definition) is 2. The van der Waals surface area contributed by atoms with E-state index in [0.717, 1.165) is 5.56 Å². The Morgan fingerprint density at radius 1 is 1.50 bits per heavy atom. The summed E-state index contributed by atoms with van der Waals surface area (Å²) in [6.07, 6.45) is 1.80. The third kappa shape index (κ3) is 3.53. The summed E-state index contributed by atoms with van der Waals surface area (Å²) < 4.78 is 14.8. The molecular formula is C12H13BrFN5O. The normalized spacial score (nSPS) is 10.4. The Labute approximate surface area is 123 Å². The zero-order valence-electron chi connectivity index (χ0n) is 10.9. The first-order valence-electron chi connectivity index (χ1n) is 5.81. The molecule has 6 nitrogen and oxygen atoms in total. The van der Waals surface area contributed by atoms with Crippen LogP contribution in [0.5, 0.6) is 0 Å². The molecule has 2 aromatic rings. The summed E-state index contributed by atoms with van der Waals surface area (Å²) in [5, 5.41) is 9.40. The molecule has 0 aliphatic heterocycles. The number of amides is 2. The van der Waals surface area contributed by atoms with Crippen LogP contribution in [0.1, 0.15) is 11.1 Å². The molecule has 0 bridgehead atoms. The topological polar surface area (TPSA) is 71.8 Å². The van der Waals surface area contributed by atoms with E-state index in [1.165, 1.54) is 6.07 Å². The fourth-order valence-corrected chi connectivity index (χ4v) is 2.07. The maximum Gasteiger partial charge on any atom is 0.320 e. The van der Waals surface area contributed by atoms with Crippen LogP contribution in [0.15, 0.2) is 22.9 Å². The van der Waals surface area contributed by atoms with Gasteiger partial charge in [-0.2, -0.15) is 9.49 Å². The number of carbonyl (C=O) groups excluding carboxylic acids is 1. The minimum absolute atomic E-state index is 0.228. The number of carbonyl (C=O) groups is 1. The third-order valence-electron chi connectivity index (χ3n) is 2.58. The summed E-state index contributed by atoms with van der Waals surface area (Å²) >= 11 is 3.14. The van der Waals surface area contributed by atoms with Gasteiger partial charge < -0.3 is 5.32 Å². The molecule has 0 radical (unpaired) electrons. The van der Waals surface area contributed by atoms with Crippen LogP contribution in [0.2, 0.25) is 0 Å². The molecule has 2 amide bonds. The Hall–Kier alpha value is -1.96. The maximum atomic E-state index is 12.8. The zero-order valence-corrected chi connectivity index (χ0v) is 12.5. The summed E-state index contributed by atoms with van der Waals surface area (Å²) in [5.74, 6) is -0.0736. The average molecular weight is 342 g/mol. The van der Waals surface area contributed by atoms with Crippen molar-refractivity contribution in [3.63, 3.8) is 0 Å².